The summed E-state index contributed by atoms with van der Waals surface area (Å²) in [5, 5.41) is 13.4. The summed E-state index contributed by atoms with van der Waals surface area (Å²) in [4.78, 5) is 10.7. The van der Waals surface area contributed by atoms with E-state index in [0.29, 0.717) is 11.9 Å². The number of rotatable bonds is 3. The van der Waals surface area contributed by atoms with Gasteiger partial charge in [-0.3, -0.25) is 0 Å². The lowest BCUT2D eigenvalue weighted by atomic mass is 10.1. The lowest BCUT2D eigenvalue weighted by molar-refractivity contribution is 0.431. The summed E-state index contributed by atoms with van der Waals surface area (Å²) in [6.07, 6.45) is 1.66. The molecular formula is C12H12N2O2. The van der Waals surface area contributed by atoms with E-state index in [-0.39, 0.29) is 11.6 Å². The zero-order chi connectivity index (χ0) is 11.7. The van der Waals surface area contributed by atoms with Crippen LogP contribution in [-0.4, -0.2) is 9.67 Å². The van der Waals surface area contributed by atoms with Crippen molar-refractivity contribution in [2.24, 2.45) is 5.18 Å². The number of nitroso groups, excluding NO2 is 1. The van der Waals surface area contributed by atoms with Gasteiger partial charge in [0, 0.05) is 11.9 Å². The third-order valence-electron chi connectivity index (χ3n) is 2.57. The predicted octanol–water partition coefficient (Wildman–Crippen LogP) is 3.24. The van der Waals surface area contributed by atoms with Crippen LogP contribution >= 0.6 is 0 Å². The van der Waals surface area contributed by atoms with Gasteiger partial charge in [-0.05, 0) is 24.2 Å². The first-order valence-electron chi connectivity index (χ1n) is 4.95. The standard InChI is InChI=1S/C12H12N2O2/c1-3-6-14-10-5-4-8(2)7-9(10)11(13-16)12(14)15/h3-5,7,15H,1,6H2,2H3. The van der Waals surface area contributed by atoms with Crippen LogP contribution in [-0.2, 0) is 6.54 Å². The van der Waals surface area contributed by atoms with E-state index in [2.05, 4.69) is 11.8 Å². The van der Waals surface area contributed by atoms with Gasteiger partial charge in [-0.2, -0.15) is 0 Å². The van der Waals surface area contributed by atoms with E-state index in [4.69, 9.17) is 0 Å². The third kappa shape index (κ3) is 1.39. The van der Waals surface area contributed by atoms with Crippen molar-refractivity contribution in [3.8, 4) is 5.88 Å². The Kier molecular flexibility index (Phi) is 2.48. The highest BCUT2D eigenvalue weighted by atomic mass is 16.3. The highest BCUT2D eigenvalue weighted by molar-refractivity contribution is 5.95. The fraction of sp³-hybridized carbons (Fsp3) is 0.167. The van der Waals surface area contributed by atoms with Crippen molar-refractivity contribution in [3.05, 3.63) is 41.3 Å². The van der Waals surface area contributed by atoms with Gasteiger partial charge in [0.05, 0.1) is 5.52 Å². The maximum atomic E-state index is 10.7. The topological polar surface area (TPSA) is 54.6 Å². The van der Waals surface area contributed by atoms with Gasteiger partial charge in [-0.25, -0.2) is 0 Å². The van der Waals surface area contributed by atoms with Crippen LogP contribution in [0.3, 0.4) is 0 Å². The Hall–Kier alpha value is -2.10. The number of aromatic nitrogens is 1. The molecule has 0 unspecified atom stereocenters. The number of hydrogen-bond acceptors (Lipinski definition) is 3. The second-order valence-corrected chi connectivity index (χ2v) is 3.68. The molecule has 0 aliphatic rings. The van der Waals surface area contributed by atoms with Gasteiger partial charge in [0.1, 0.15) is 0 Å². The maximum absolute atomic E-state index is 10.7. The number of allylic oxidation sites excluding steroid dienone is 1. The molecule has 1 heterocycles. The van der Waals surface area contributed by atoms with Crippen molar-refractivity contribution < 1.29 is 5.11 Å². The summed E-state index contributed by atoms with van der Waals surface area (Å²) in [6.45, 7) is 5.99. The van der Waals surface area contributed by atoms with E-state index in [1.807, 2.05) is 25.1 Å². The molecule has 0 atom stereocenters. The first kappa shape index (κ1) is 10.4. The Morgan fingerprint density at radius 3 is 2.94 bits per heavy atom. The summed E-state index contributed by atoms with van der Waals surface area (Å²) in [7, 11) is 0. The Balaban J connectivity index is 2.85. The first-order valence-corrected chi connectivity index (χ1v) is 4.95. The second kappa shape index (κ2) is 3.81. The van der Waals surface area contributed by atoms with E-state index >= 15 is 0 Å². The molecule has 1 aromatic heterocycles. The van der Waals surface area contributed by atoms with Crippen LogP contribution in [0.4, 0.5) is 5.69 Å². The molecule has 0 saturated heterocycles. The molecule has 0 aliphatic heterocycles. The molecule has 1 aromatic carbocycles. The summed E-state index contributed by atoms with van der Waals surface area (Å²) in [5.74, 6) is -0.101. The quantitative estimate of drug-likeness (QED) is 0.632. The molecule has 0 fully saturated rings. The Labute approximate surface area is 92.8 Å². The van der Waals surface area contributed by atoms with E-state index < -0.39 is 0 Å². The molecule has 1 N–H and O–H groups in total. The van der Waals surface area contributed by atoms with Crippen LogP contribution in [0.1, 0.15) is 5.56 Å². The Morgan fingerprint density at radius 1 is 1.56 bits per heavy atom. The summed E-state index contributed by atoms with van der Waals surface area (Å²) >= 11 is 0. The average molecular weight is 216 g/mol. The fourth-order valence-corrected chi connectivity index (χ4v) is 1.84. The predicted molar refractivity (Wildman–Crippen MR) is 64.0 cm³/mol. The molecule has 0 amide bonds. The Bertz CT molecular complexity index is 570. The van der Waals surface area contributed by atoms with Crippen molar-refractivity contribution in [2.75, 3.05) is 0 Å². The molecule has 0 radical (unpaired) electrons. The number of benzene rings is 1. The number of hydrogen-bond donors (Lipinski definition) is 1. The summed E-state index contributed by atoms with van der Waals surface area (Å²) < 4.78 is 1.61. The van der Waals surface area contributed by atoms with E-state index in [1.54, 1.807) is 10.6 Å². The van der Waals surface area contributed by atoms with Crippen molar-refractivity contribution in [1.29, 1.82) is 0 Å². The van der Waals surface area contributed by atoms with Crippen LogP contribution in [0.5, 0.6) is 5.88 Å². The van der Waals surface area contributed by atoms with Crippen LogP contribution in [0.15, 0.2) is 36.0 Å². The lowest BCUT2D eigenvalue weighted by Crippen LogP contribution is -1.93. The molecule has 2 aromatic rings. The number of aromatic hydroxyl groups is 1. The van der Waals surface area contributed by atoms with Gasteiger partial charge in [-0.1, -0.05) is 17.7 Å². The van der Waals surface area contributed by atoms with Gasteiger partial charge in [0.25, 0.3) is 0 Å². The van der Waals surface area contributed by atoms with Gasteiger partial charge in [-0.15, -0.1) is 11.5 Å². The van der Waals surface area contributed by atoms with Crippen LogP contribution in [0.25, 0.3) is 10.9 Å². The highest BCUT2D eigenvalue weighted by Crippen LogP contribution is 2.38. The molecule has 4 heteroatoms. The molecule has 82 valence electrons. The van der Waals surface area contributed by atoms with Gasteiger partial charge in [0.15, 0.2) is 5.69 Å². The maximum Gasteiger partial charge on any atom is 0.222 e. The lowest BCUT2D eigenvalue weighted by Gasteiger charge is -2.02. The zero-order valence-electron chi connectivity index (χ0n) is 8.97. The fourth-order valence-electron chi connectivity index (χ4n) is 1.84. The van der Waals surface area contributed by atoms with Crippen molar-refractivity contribution in [2.45, 2.75) is 13.5 Å². The SMILES string of the molecule is C=CCn1c(O)c(N=O)c2cc(C)ccc21. The summed E-state index contributed by atoms with van der Waals surface area (Å²) in [5.41, 5.74) is 1.91. The molecule has 0 bridgehead atoms. The first-order chi connectivity index (χ1) is 7.69. The second-order valence-electron chi connectivity index (χ2n) is 3.68. The van der Waals surface area contributed by atoms with Crippen molar-refractivity contribution in [1.82, 2.24) is 4.57 Å². The van der Waals surface area contributed by atoms with Gasteiger partial charge < -0.3 is 9.67 Å². The van der Waals surface area contributed by atoms with Crippen LogP contribution < -0.4 is 0 Å². The molecule has 0 saturated carbocycles. The normalized spacial score (nSPS) is 10.6. The zero-order valence-corrected chi connectivity index (χ0v) is 8.97. The smallest absolute Gasteiger partial charge is 0.222 e. The minimum Gasteiger partial charge on any atom is -0.493 e. The summed E-state index contributed by atoms with van der Waals surface area (Å²) in [6, 6.07) is 5.63. The molecule has 0 spiro atoms. The number of nitrogens with zero attached hydrogens (tertiary/aromatic N) is 2. The number of aryl methyl sites for hydroxylation is 1. The molecule has 16 heavy (non-hydrogen) atoms. The minimum absolute atomic E-state index is 0.0977. The number of fused-ring (bicyclic) bond motifs is 1. The van der Waals surface area contributed by atoms with Gasteiger partial charge in [0.2, 0.25) is 5.88 Å². The van der Waals surface area contributed by atoms with E-state index in [1.165, 1.54) is 0 Å². The van der Waals surface area contributed by atoms with E-state index in [0.717, 1.165) is 11.1 Å². The highest BCUT2D eigenvalue weighted by Gasteiger charge is 2.16. The Morgan fingerprint density at radius 2 is 2.31 bits per heavy atom. The van der Waals surface area contributed by atoms with Crippen LogP contribution in [0, 0.1) is 11.8 Å². The molecular weight excluding hydrogens is 204 g/mol. The van der Waals surface area contributed by atoms with E-state index in [9.17, 15) is 10.0 Å². The largest absolute Gasteiger partial charge is 0.493 e. The van der Waals surface area contributed by atoms with Crippen molar-refractivity contribution in [3.63, 3.8) is 0 Å². The third-order valence-corrected chi connectivity index (χ3v) is 2.57. The molecule has 0 aliphatic carbocycles. The molecule has 4 nitrogen and oxygen atoms in total. The van der Waals surface area contributed by atoms with Crippen molar-refractivity contribution >= 4 is 16.6 Å². The van der Waals surface area contributed by atoms with Crippen LogP contribution in [0.2, 0.25) is 0 Å². The monoisotopic (exact) mass is 216 g/mol. The van der Waals surface area contributed by atoms with Gasteiger partial charge >= 0.3 is 0 Å². The average Bonchev–Trinajstić information content (AvgIpc) is 2.52. The minimum atomic E-state index is -0.101. The molecule has 2 rings (SSSR count).